The highest BCUT2D eigenvalue weighted by molar-refractivity contribution is 8.26. The summed E-state index contributed by atoms with van der Waals surface area (Å²) < 4.78 is 20.1. The second-order valence-electron chi connectivity index (χ2n) is 10.3. The molecule has 1 aromatic carbocycles. The molecule has 4 rings (SSSR count). The van der Waals surface area contributed by atoms with Crippen molar-refractivity contribution in [1.82, 2.24) is 0 Å². The molecule has 13 heteroatoms. The molecule has 3 aliphatic heterocycles. The molecule has 10 nitrogen and oxygen atoms in total. The predicted octanol–water partition coefficient (Wildman–Crippen LogP) is 5.49. The lowest BCUT2D eigenvalue weighted by molar-refractivity contribution is -0.141. The minimum absolute atomic E-state index is 0.00269. The van der Waals surface area contributed by atoms with Crippen LogP contribution in [0.25, 0.3) is 5.57 Å². The van der Waals surface area contributed by atoms with Gasteiger partial charge in [0.15, 0.2) is 0 Å². The number of carbonyl (C=O) groups is 5. The number of carbonyl (C=O) groups excluding carboxylic acids is 5. The Balaban J connectivity index is 2.16. The minimum Gasteiger partial charge on any atom is -0.463 e. The van der Waals surface area contributed by atoms with E-state index in [1.54, 1.807) is 32.6 Å². The molecule has 1 spiro atoms. The molecule has 236 valence electrons. The van der Waals surface area contributed by atoms with E-state index in [0.717, 1.165) is 40.8 Å². The molecule has 0 aliphatic carbocycles. The van der Waals surface area contributed by atoms with Gasteiger partial charge in [0.2, 0.25) is 5.91 Å². The SMILES string of the molecule is CCOC(=O)C1=C(C(=O)OCC)SC2(S1)C(C(=O)OCC)=C(C(=O)OCC)SC1=C2c2ccc(C)cc2N(C(C)=O)C1(C)C. The Kier molecular flexibility index (Phi) is 10.0. The van der Waals surface area contributed by atoms with E-state index in [4.69, 9.17) is 18.9 Å². The predicted molar refractivity (Wildman–Crippen MR) is 171 cm³/mol. The third kappa shape index (κ3) is 5.58. The molecule has 0 fully saturated rings. The number of benzene rings is 1. The monoisotopic (exact) mass is 661 g/mol. The number of esters is 4. The van der Waals surface area contributed by atoms with E-state index in [9.17, 15) is 24.0 Å². The summed E-state index contributed by atoms with van der Waals surface area (Å²) in [5.41, 5.74) is 1.54. The van der Waals surface area contributed by atoms with Gasteiger partial charge in [0.1, 0.15) is 18.8 Å². The average Bonchev–Trinajstić information content (AvgIpc) is 3.33. The van der Waals surface area contributed by atoms with Gasteiger partial charge in [0.05, 0.1) is 43.2 Å². The number of rotatable bonds is 8. The number of thioether (sulfide) groups is 3. The van der Waals surface area contributed by atoms with Crippen molar-refractivity contribution in [3.8, 4) is 0 Å². The van der Waals surface area contributed by atoms with Crippen LogP contribution in [0.15, 0.2) is 43.4 Å². The molecule has 1 amide bonds. The Morgan fingerprint density at radius 1 is 0.750 bits per heavy atom. The summed E-state index contributed by atoms with van der Waals surface area (Å²) in [6.07, 6.45) is 0. The highest BCUT2D eigenvalue weighted by atomic mass is 32.2. The summed E-state index contributed by atoms with van der Waals surface area (Å²) in [7, 11) is 0. The molecule has 0 N–H and O–H groups in total. The zero-order valence-corrected chi connectivity index (χ0v) is 28.4. The minimum atomic E-state index is -1.59. The summed E-state index contributed by atoms with van der Waals surface area (Å²) in [4.78, 5) is 69.8. The van der Waals surface area contributed by atoms with Gasteiger partial charge >= 0.3 is 23.9 Å². The number of hydrogen-bond acceptors (Lipinski definition) is 12. The molecular weight excluding hydrogens is 627 g/mol. The van der Waals surface area contributed by atoms with E-state index < -0.39 is 33.5 Å². The highest BCUT2D eigenvalue weighted by Crippen LogP contribution is 2.71. The average molecular weight is 662 g/mol. The van der Waals surface area contributed by atoms with Crippen molar-refractivity contribution in [2.75, 3.05) is 31.3 Å². The molecule has 0 unspecified atom stereocenters. The Bertz CT molecular complexity index is 1510. The summed E-state index contributed by atoms with van der Waals surface area (Å²) in [6, 6.07) is 5.61. The van der Waals surface area contributed by atoms with Gasteiger partial charge in [0, 0.05) is 23.0 Å². The summed E-state index contributed by atoms with van der Waals surface area (Å²) in [5, 5.41) is 0. The largest absolute Gasteiger partial charge is 0.463 e. The first kappa shape index (κ1) is 33.7. The van der Waals surface area contributed by atoms with Crippen LogP contribution in [-0.4, -0.2) is 65.8 Å². The molecule has 0 saturated heterocycles. The second-order valence-corrected chi connectivity index (χ2v) is 14.0. The van der Waals surface area contributed by atoms with Crippen LogP contribution in [0.1, 0.15) is 59.6 Å². The number of hydrogen-bond donors (Lipinski definition) is 0. The van der Waals surface area contributed by atoms with Crippen molar-refractivity contribution >= 4 is 76.3 Å². The first-order valence-corrected chi connectivity index (χ1v) is 16.7. The normalized spacial score (nSPS) is 18.1. The summed E-state index contributed by atoms with van der Waals surface area (Å²) >= 11 is 2.91. The third-order valence-corrected chi connectivity index (χ3v) is 11.6. The Labute approximate surface area is 269 Å². The molecule has 1 aromatic rings. The molecule has 0 radical (unpaired) electrons. The fourth-order valence-electron chi connectivity index (χ4n) is 5.40. The first-order chi connectivity index (χ1) is 20.8. The van der Waals surface area contributed by atoms with Gasteiger partial charge in [0.25, 0.3) is 0 Å². The van der Waals surface area contributed by atoms with Gasteiger partial charge in [-0.2, -0.15) is 0 Å². The van der Waals surface area contributed by atoms with Crippen LogP contribution in [0.4, 0.5) is 5.69 Å². The van der Waals surface area contributed by atoms with Gasteiger partial charge in [-0.1, -0.05) is 47.4 Å². The molecule has 0 aromatic heterocycles. The number of nitrogens with zero attached hydrogens (tertiary/aromatic N) is 1. The molecule has 3 heterocycles. The van der Waals surface area contributed by atoms with Gasteiger partial charge < -0.3 is 23.8 Å². The second kappa shape index (κ2) is 13.1. The van der Waals surface area contributed by atoms with Crippen molar-refractivity contribution in [1.29, 1.82) is 0 Å². The molecule has 0 saturated carbocycles. The van der Waals surface area contributed by atoms with E-state index in [-0.39, 0.29) is 52.6 Å². The fraction of sp³-hybridized carbons (Fsp3) is 0.452. The molecule has 0 bridgehead atoms. The molecule has 3 aliphatic rings. The van der Waals surface area contributed by atoms with Crippen molar-refractivity contribution < 1.29 is 42.9 Å². The van der Waals surface area contributed by atoms with Gasteiger partial charge in [-0.25, -0.2) is 19.2 Å². The number of ether oxygens (including phenoxy) is 4. The van der Waals surface area contributed by atoms with Crippen molar-refractivity contribution in [3.63, 3.8) is 0 Å². The molecule has 0 atom stereocenters. The van der Waals surface area contributed by atoms with Crippen LogP contribution in [0.2, 0.25) is 0 Å². The highest BCUT2D eigenvalue weighted by Gasteiger charge is 2.61. The van der Waals surface area contributed by atoms with Crippen LogP contribution in [0.3, 0.4) is 0 Å². The van der Waals surface area contributed by atoms with E-state index in [1.807, 2.05) is 39.0 Å². The third-order valence-electron chi connectivity index (χ3n) is 6.97. The summed E-state index contributed by atoms with van der Waals surface area (Å²) in [5.74, 6) is -3.34. The number of anilines is 1. The maximum atomic E-state index is 14.0. The Morgan fingerprint density at radius 3 is 1.70 bits per heavy atom. The van der Waals surface area contributed by atoms with Crippen molar-refractivity contribution in [2.45, 2.75) is 65.0 Å². The summed E-state index contributed by atoms with van der Waals surface area (Å²) in [6.45, 7) is 13.8. The topological polar surface area (TPSA) is 126 Å². The lowest BCUT2D eigenvalue weighted by Gasteiger charge is -2.50. The quantitative estimate of drug-likeness (QED) is 0.258. The van der Waals surface area contributed by atoms with Gasteiger partial charge in [-0.05, 0) is 60.1 Å². The number of amides is 1. The van der Waals surface area contributed by atoms with E-state index in [2.05, 4.69) is 0 Å². The fourth-order valence-corrected chi connectivity index (χ4v) is 10.4. The van der Waals surface area contributed by atoms with Gasteiger partial charge in [-0.3, -0.25) is 4.79 Å². The van der Waals surface area contributed by atoms with Gasteiger partial charge in [-0.15, -0.1) is 0 Å². The van der Waals surface area contributed by atoms with E-state index in [0.29, 0.717) is 21.7 Å². The first-order valence-electron chi connectivity index (χ1n) is 14.2. The van der Waals surface area contributed by atoms with Crippen LogP contribution in [0, 0.1) is 6.92 Å². The van der Waals surface area contributed by atoms with Crippen LogP contribution >= 0.6 is 35.3 Å². The molecular formula is C31H35NO9S3. The lowest BCUT2D eigenvalue weighted by Crippen LogP contribution is -2.53. The molecule has 44 heavy (non-hydrogen) atoms. The van der Waals surface area contributed by atoms with Crippen molar-refractivity contribution in [3.05, 3.63) is 54.5 Å². The maximum absolute atomic E-state index is 14.0. The van der Waals surface area contributed by atoms with Crippen LogP contribution < -0.4 is 4.90 Å². The van der Waals surface area contributed by atoms with Crippen LogP contribution in [0.5, 0.6) is 0 Å². The zero-order valence-electron chi connectivity index (χ0n) is 25.9. The standard InChI is InChI=1S/C31H35NO9S3/c1-9-38-26(34)21-22(27(35)39-10-2)42-25-20(18-14-13-16(5)15-19(18)32(17(6)33)30(25,7)8)31(21)43-23(28(36)40-11-3)24(44-31)29(37)41-12-4/h13-15H,9-12H2,1-8H3. The maximum Gasteiger partial charge on any atom is 0.346 e. The van der Waals surface area contributed by atoms with E-state index in [1.165, 1.54) is 6.92 Å². The Morgan fingerprint density at radius 2 is 1.23 bits per heavy atom. The Hall–Kier alpha value is -3.16. The zero-order chi connectivity index (χ0) is 32.6. The smallest absolute Gasteiger partial charge is 0.346 e. The number of fused-ring (bicyclic) bond motifs is 3. The van der Waals surface area contributed by atoms with Crippen LogP contribution in [-0.2, 0) is 42.9 Å². The lowest BCUT2D eigenvalue weighted by atomic mass is 9.83. The van der Waals surface area contributed by atoms with Crippen molar-refractivity contribution in [2.24, 2.45) is 0 Å². The number of aryl methyl sites for hydroxylation is 1. The van der Waals surface area contributed by atoms with E-state index >= 15 is 0 Å².